The third kappa shape index (κ3) is 2.79. The van der Waals surface area contributed by atoms with Gasteiger partial charge in [-0.3, -0.25) is 9.36 Å². The van der Waals surface area contributed by atoms with E-state index in [4.69, 9.17) is 0 Å². The molecule has 2 aromatic heterocycles. The van der Waals surface area contributed by atoms with Crippen LogP contribution >= 0.6 is 0 Å². The second kappa shape index (κ2) is 5.35. The van der Waals surface area contributed by atoms with Gasteiger partial charge in [-0.1, -0.05) is 6.92 Å². The molecule has 0 saturated carbocycles. The molecule has 0 aromatic carbocycles. The molecule has 0 aliphatic rings. The van der Waals surface area contributed by atoms with E-state index in [1.807, 2.05) is 30.4 Å². The standard InChI is InChI=1S/C13H21N5/c1-5-13-11(9-17(3)16-13)7-14-8-12-6-10(2)15-18(12)4/h6,9,14H,5,7-8H2,1-4H3. The zero-order valence-electron chi connectivity index (χ0n) is 11.6. The molecular formula is C13H21N5. The minimum atomic E-state index is 0.829. The first-order chi connectivity index (χ1) is 8.60. The summed E-state index contributed by atoms with van der Waals surface area (Å²) in [7, 11) is 3.94. The zero-order chi connectivity index (χ0) is 13.1. The number of aryl methyl sites for hydroxylation is 4. The van der Waals surface area contributed by atoms with E-state index in [0.717, 1.165) is 25.2 Å². The van der Waals surface area contributed by atoms with Gasteiger partial charge in [-0.2, -0.15) is 10.2 Å². The summed E-state index contributed by atoms with van der Waals surface area (Å²) in [4.78, 5) is 0. The van der Waals surface area contributed by atoms with E-state index in [-0.39, 0.29) is 0 Å². The summed E-state index contributed by atoms with van der Waals surface area (Å²) in [5, 5.41) is 12.2. The van der Waals surface area contributed by atoms with Crippen molar-refractivity contribution >= 4 is 0 Å². The monoisotopic (exact) mass is 247 g/mol. The number of hydrogen-bond donors (Lipinski definition) is 1. The van der Waals surface area contributed by atoms with Gasteiger partial charge in [-0.25, -0.2) is 0 Å². The topological polar surface area (TPSA) is 47.7 Å². The number of hydrogen-bond acceptors (Lipinski definition) is 3. The number of nitrogens with one attached hydrogen (secondary N) is 1. The van der Waals surface area contributed by atoms with Crippen LogP contribution in [-0.4, -0.2) is 19.6 Å². The van der Waals surface area contributed by atoms with Gasteiger partial charge in [0.25, 0.3) is 0 Å². The summed E-state index contributed by atoms with van der Waals surface area (Å²) in [5.74, 6) is 0. The van der Waals surface area contributed by atoms with Crippen LogP contribution in [0.4, 0.5) is 0 Å². The molecule has 0 saturated heterocycles. The van der Waals surface area contributed by atoms with Gasteiger partial charge in [0.05, 0.1) is 17.1 Å². The van der Waals surface area contributed by atoms with E-state index >= 15 is 0 Å². The quantitative estimate of drug-likeness (QED) is 0.866. The van der Waals surface area contributed by atoms with E-state index in [1.165, 1.54) is 17.0 Å². The minimum Gasteiger partial charge on any atom is -0.307 e. The summed E-state index contributed by atoms with van der Waals surface area (Å²) in [5.41, 5.74) is 4.71. The highest BCUT2D eigenvalue weighted by atomic mass is 15.3. The lowest BCUT2D eigenvalue weighted by molar-refractivity contribution is 0.622. The van der Waals surface area contributed by atoms with Gasteiger partial charge in [-0.05, 0) is 19.4 Å². The second-order valence-electron chi connectivity index (χ2n) is 4.63. The van der Waals surface area contributed by atoms with Gasteiger partial charge in [0.2, 0.25) is 0 Å². The molecule has 0 unspecified atom stereocenters. The van der Waals surface area contributed by atoms with Crippen LogP contribution < -0.4 is 5.32 Å². The first-order valence-electron chi connectivity index (χ1n) is 6.31. The van der Waals surface area contributed by atoms with Crippen molar-refractivity contribution in [3.63, 3.8) is 0 Å². The summed E-state index contributed by atoms with van der Waals surface area (Å²) >= 11 is 0. The van der Waals surface area contributed by atoms with Crippen LogP contribution in [-0.2, 0) is 33.6 Å². The Morgan fingerprint density at radius 1 is 1.22 bits per heavy atom. The van der Waals surface area contributed by atoms with Crippen molar-refractivity contribution < 1.29 is 0 Å². The summed E-state index contributed by atoms with van der Waals surface area (Å²) in [6.45, 7) is 5.83. The second-order valence-corrected chi connectivity index (χ2v) is 4.63. The number of nitrogens with zero attached hydrogens (tertiary/aromatic N) is 4. The van der Waals surface area contributed by atoms with Crippen molar-refractivity contribution in [3.05, 3.63) is 34.9 Å². The van der Waals surface area contributed by atoms with Gasteiger partial charge in [0.15, 0.2) is 0 Å². The average Bonchev–Trinajstić information content (AvgIpc) is 2.82. The molecule has 2 aromatic rings. The first kappa shape index (κ1) is 12.8. The largest absolute Gasteiger partial charge is 0.307 e. The number of rotatable bonds is 5. The Hall–Kier alpha value is -1.62. The molecule has 2 rings (SSSR count). The van der Waals surface area contributed by atoms with Gasteiger partial charge in [-0.15, -0.1) is 0 Å². The predicted molar refractivity (Wildman–Crippen MR) is 71.1 cm³/mol. The molecule has 5 heteroatoms. The van der Waals surface area contributed by atoms with Gasteiger partial charge in [0, 0.05) is 38.9 Å². The Kier molecular flexibility index (Phi) is 3.81. The molecule has 98 valence electrons. The van der Waals surface area contributed by atoms with E-state index in [2.05, 4.69) is 34.7 Å². The lowest BCUT2D eigenvalue weighted by Gasteiger charge is -2.04. The van der Waals surface area contributed by atoms with Crippen LogP contribution in [0.15, 0.2) is 12.3 Å². The first-order valence-corrected chi connectivity index (χ1v) is 6.31. The SMILES string of the molecule is CCc1nn(C)cc1CNCc1cc(C)nn1C. The molecule has 0 atom stereocenters. The molecule has 2 heterocycles. The van der Waals surface area contributed by atoms with E-state index in [0.29, 0.717) is 0 Å². The third-order valence-corrected chi connectivity index (χ3v) is 3.05. The van der Waals surface area contributed by atoms with Crippen molar-refractivity contribution in [1.82, 2.24) is 24.9 Å². The molecule has 0 aliphatic carbocycles. The maximum Gasteiger partial charge on any atom is 0.0666 e. The summed E-state index contributed by atoms with van der Waals surface area (Å²) < 4.78 is 3.80. The molecule has 0 fully saturated rings. The summed E-state index contributed by atoms with van der Waals surface area (Å²) in [6.07, 6.45) is 3.06. The Bertz CT molecular complexity index is 523. The van der Waals surface area contributed by atoms with Gasteiger partial charge in [0.1, 0.15) is 0 Å². The van der Waals surface area contributed by atoms with E-state index < -0.39 is 0 Å². The minimum absolute atomic E-state index is 0.829. The van der Waals surface area contributed by atoms with Gasteiger partial charge < -0.3 is 5.32 Å². The van der Waals surface area contributed by atoms with Crippen LogP contribution in [0.25, 0.3) is 0 Å². The van der Waals surface area contributed by atoms with Gasteiger partial charge >= 0.3 is 0 Å². The molecule has 0 bridgehead atoms. The highest BCUT2D eigenvalue weighted by Gasteiger charge is 2.06. The van der Waals surface area contributed by atoms with Crippen molar-refractivity contribution in [3.8, 4) is 0 Å². The molecule has 18 heavy (non-hydrogen) atoms. The van der Waals surface area contributed by atoms with Crippen LogP contribution in [0.3, 0.4) is 0 Å². The highest BCUT2D eigenvalue weighted by Crippen LogP contribution is 2.07. The fourth-order valence-electron chi connectivity index (χ4n) is 2.18. The maximum atomic E-state index is 4.44. The Morgan fingerprint density at radius 2 is 2.00 bits per heavy atom. The lowest BCUT2D eigenvalue weighted by atomic mass is 10.2. The van der Waals surface area contributed by atoms with Crippen LogP contribution in [0.1, 0.15) is 29.6 Å². The summed E-state index contributed by atoms with van der Waals surface area (Å²) in [6, 6.07) is 2.11. The van der Waals surface area contributed by atoms with E-state index in [1.54, 1.807) is 0 Å². The molecular weight excluding hydrogens is 226 g/mol. The predicted octanol–water partition coefficient (Wildman–Crippen LogP) is 1.31. The Morgan fingerprint density at radius 3 is 2.61 bits per heavy atom. The Labute approximate surface area is 108 Å². The molecule has 5 nitrogen and oxygen atoms in total. The van der Waals surface area contributed by atoms with Crippen molar-refractivity contribution in [1.29, 1.82) is 0 Å². The highest BCUT2D eigenvalue weighted by molar-refractivity contribution is 5.17. The molecule has 1 N–H and O–H groups in total. The Balaban J connectivity index is 1.94. The van der Waals surface area contributed by atoms with Crippen LogP contribution in [0, 0.1) is 6.92 Å². The molecule has 0 aliphatic heterocycles. The lowest BCUT2D eigenvalue weighted by Crippen LogP contribution is -2.15. The molecule has 0 spiro atoms. The fraction of sp³-hybridized carbons (Fsp3) is 0.538. The van der Waals surface area contributed by atoms with Crippen molar-refractivity contribution in [2.45, 2.75) is 33.4 Å². The number of aromatic nitrogens is 4. The molecule has 0 radical (unpaired) electrons. The van der Waals surface area contributed by atoms with Crippen molar-refractivity contribution in [2.24, 2.45) is 14.1 Å². The normalized spacial score (nSPS) is 11.1. The van der Waals surface area contributed by atoms with Crippen LogP contribution in [0.5, 0.6) is 0 Å². The molecule has 0 amide bonds. The average molecular weight is 247 g/mol. The maximum absolute atomic E-state index is 4.44. The smallest absolute Gasteiger partial charge is 0.0666 e. The zero-order valence-corrected chi connectivity index (χ0v) is 11.6. The van der Waals surface area contributed by atoms with Crippen LogP contribution in [0.2, 0.25) is 0 Å². The van der Waals surface area contributed by atoms with E-state index in [9.17, 15) is 0 Å². The fourth-order valence-corrected chi connectivity index (χ4v) is 2.18. The third-order valence-electron chi connectivity index (χ3n) is 3.05. The van der Waals surface area contributed by atoms with Crippen molar-refractivity contribution in [2.75, 3.05) is 0 Å².